The van der Waals surface area contributed by atoms with Gasteiger partial charge in [0.25, 0.3) is 5.91 Å². The van der Waals surface area contributed by atoms with E-state index >= 15 is 0 Å². The second kappa shape index (κ2) is 7.53. The van der Waals surface area contributed by atoms with E-state index in [9.17, 15) is 19.5 Å². The number of carboxylic acids is 1. The van der Waals surface area contributed by atoms with Crippen molar-refractivity contribution in [1.82, 2.24) is 9.80 Å². The maximum absolute atomic E-state index is 13.0. The minimum atomic E-state index is -1.10. The molecule has 1 aromatic carbocycles. The molecule has 31 heavy (non-hydrogen) atoms. The van der Waals surface area contributed by atoms with Crippen LogP contribution in [0.2, 0.25) is 0 Å². The number of piperidine rings is 1. The van der Waals surface area contributed by atoms with Crippen molar-refractivity contribution in [2.75, 3.05) is 13.1 Å². The lowest BCUT2D eigenvalue weighted by molar-refractivity contribution is -0.0873. The summed E-state index contributed by atoms with van der Waals surface area (Å²) < 4.78 is 0. The van der Waals surface area contributed by atoms with Gasteiger partial charge in [-0.3, -0.25) is 4.79 Å². The van der Waals surface area contributed by atoms with Crippen LogP contribution in [-0.2, 0) is 0 Å². The Morgan fingerprint density at radius 3 is 1.94 bits per heavy atom. The Morgan fingerprint density at radius 1 is 0.935 bits per heavy atom. The van der Waals surface area contributed by atoms with Crippen molar-refractivity contribution >= 4 is 17.9 Å². The molecule has 5 aliphatic rings. The van der Waals surface area contributed by atoms with Gasteiger partial charge in [-0.1, -0.05) is 12.1 Å². The third kappa shape index (κ3) is 3.48. The van der Waals surface area contributed by atoms with E-state index in [1.165, 1.54) is 25.3 Å². The number of carbonyl (C=O) groups is 3. The molecular formula is C24H31N3O4. The first kappa shape index (κ1) is 20.3. The molecule has 1 saturated heterocycles. The summed E-state index contributed by atoms with van der Waals surface area (Å²) >= 11 is 0. The summed E-state index contributed by atoms with van der Waals surface area (Å²) in [5.74, 6) is 0.823. The SMILES string of the molecule is NC(=O)N(C1CCN(C(=O)c2ccccc2C(=O)O)CC1)C12CC3CC(CC(C3)C1)C2. The van der Waals surface area contributed by atoms with E-state index < -0.39 is 5.97 Å². The first-order chi connectivity index (χ1) is 14.9. The number of benzene rings is 1. The summed E-state index contributed by atoms with van der Waals surface area (Å²) in [6, 6.07) is 6.08. The largest absolute Gasteiger partial charge is 0.478 e. The number of likely N-dealkylation sites (tertiary alicyclic amines) is 1. The number of amides is 3. The number of nitrogens with two attached hydrogens (primary N) is 1. The monoisotopic (exact) mass is 425 g/mol. The van der Waals surface area contributed by atoms with Gasteiger partial charge in [0.2, 0.25) is 0 Å². The van der Waals surface area contributed by atoms with Crippen LogP contribution >= 0.6 is 0 Å². The highest BCUT2D eigenvalue weighted by Crippen LogP contribution is 2.58. The van der Waals surface area contributed by atoms with Crippen molar-refractivity contribution < 1.29 is 19.5 Å². The van der Waals surface area contributed by atoms with E-state index in [-0.39, 0.29) is 34.6 Å². The molecule has 4 aliphatic carbocycles. The van der Waals surface area contributed by atoms with Crippen LogP contribution in [0.1, 0.15) is 72.1 Å². The van der Waals surface area contributed by atoms with E-state index in [2.05, 4.69) is 0 Å². The summed E-state index contributed by atoms with van der Waals surface area (Å²) in [5.41, 5.74) is 6.13. The number of urea groups is 1. The van der Waals surface area contributed by atoms with Gasteiger partial charge < -0.3 is 20.6 Å². The Kier molecular flexibility index (Phi) is 4.94. The van der Waals surface area contributed by atoms with E-state index in [0.717, 1.165) is 37.0 Å². The van der Waals surface area contributed by atoms with Crippen molar-refractivity contribution in [3.63, 3.8) is 0 Å². The molecule has 1 aliphatic heterocycles. The predicted octanol–water partition coefficient (Wildman–Crippen LogP) is 3.34. The lowest BCUT2D eigenvalue weighted by atomic mass is 9.52. The van der Waals surface area contributed by atoms with Gasteiger partial charge in [0, 0.05) is 24.7 Å². The van der Waals surface area contributed by atoms with Gasteiger partial charge in [0.05, 0.1) is 11.1 Å². The number of aromatic carboxylic acids is 1. The smallest absolute Gasteiger partial charge is 0.336 e. The van der Waals surface area contributed by atoms with Crippen LogP contribution in [0.5, 0.6) is 0 Å². The quantitative estimate of drug-likeness (QED) is 0.772. The molecule has 6 rings (SSSR count). The molecule has 166 valence electrons. The highest BCUT2D eigenvalue weighted by Gasteiger charge is 2.56. The van der Waals surface area contributed by atoms with Crippen LogP contribution in [0.15, 0.2) is 24.3 Å². The molecule has 7 heteroatoms. The fourth-order valence-electron chi connectivity index (χ4n) is 7.51. The molecule has 4 bridgehead atoms. The molecule has 4 saturated carbocycles. The number of primary amides is 1. The number of rotatable bonds is 4. The number of carbonyl (C=O) groups excluding carboxylic acids is 2. The molecule has 1 heterocycles. The minimum absolute atomic E-state index is 0.0296. The number of hydrogen-bond acceptors (Lipinski definition) is 3. The van der Waals surface area contributed by atoms with Gasteiger partial charge >= 0.3 is 12.0 Å². The van der Waals surface area contributed by atoms with Crippen molar-refractivity contribution in [2.24, 2.45) is 23.5 Å². The topological polar surface area (TPSA) is 104 Å². The number of carboxylic acid groups (broad SMARTS) is 1. The van der Waals surface area contributed by atoms with Gasteiger partial charge in [-0.2, -0.15) is 0 Å². The van der Waals surface area contributed by atoms with Gasteiger partial charge in [0.1, 0.15) is 0 Å². The maximum atomic E-state index is 13.0. The zero-order valence-electron chi connectivity index (χ0n) is 17.8. The molecule has 0 unspecified atom stereocenters. The highest BCUT2D eigenvalue weighted by molar-refractivity contribution is 6.04. The van der Waals surface area contributed by atoms with E-state index in [1.807, 2.05) is 4.90 Å². The molecule has 3 N–H and O–H groups in total. The molecule has 0 spiro atoms. The summed E-state index contributed by atoms with van der Waals surface area (Å²) in [4.78, 5) is 40.9. The highest BCUT2D eigenvalue weighted by atomic mass is 16.4. The Morgan fingerprint density at radius 2 is 1.45 bits per heavy atom. The maximum Gasteiger partial charge on any atom is 0.336 e. The molecule has 3 amide bonds. The van der Waals surface area contributed by atoms with Crippen LogP contribution in [0.4, 0.5) is 4.79 Å². The molecule has 7 nitrogen and oxygen atoms in total. The lowest BCUT2D eigenvalue weighted by Gasteiger charge is -2.62. The van der Waals surface area contributed by atoms with Crippen molar-refractivity contribution in [1.29, 1.82) is 0 Å². The average Bonchev–Trinajstić information content (AvgIpc) is 2.72. The van der Waals surface area contributed by atoms with Crippen molar-refractivity contribution in [3.05, 3.63) is 35.4 Å². The molecule has 0 aromatic heterocycles. The number of nitrogens with zero attached hydrogens (tertiary/aromatic N) is 2. The Bertz CT molecular complexity index is 871. The Hall–Kier alpha value is -2.57. The average molecular weight is 426 g/mol. The lowest BCUT2D eigenvalue weighted by Crippen LogP contribution is -2.66. The molecule has 0 radical (unpaired) electrons. The zero-order chi connectivity index (χ0) is 21.8. The van der Waals surface area contributed by atoms with Gasteiger partial charge in [0.15, 0.2) is 0 Å². The van der Waals surface area contributed by atoms with E-state index in [1.54, 1.807) is 23.1 Å². The van der Waals surface area contributed by atoms with Gasteiger partial charge in [-0.05, 0) is 81.3 Å². The van der Waals surface area contributed by atoms with Crippen molar-refractivity contribution in [2.45, 2.75) is 62.9 Å². The fraction of sp³-hybridized carbons (Fsp3) is 0.625. The first-order valence-corrected chi connectivity index (χ1v) is 11.6. The van der Waals surface area contributed by atoms with Gasteiger partial charge in [-0.25, -0.2) is 9.59 Å². The third-order valence-corrected chi connectivity index (χ3v) is 8.26. The Balaban J connectivity index is 1.31. The molecule has 1 aromatic rings. The van der Waals surface area contributed by atoms with Crippen LogP contribution in [0.25, 0.3) is 0 Å². The second-order valence-electron chi connectivity index (χ2n) is 10.2. The molecule has 5 fully saturated rings. The molecule has 0 atom stereocenters. The van der Waals surface area contributed by atoms with E-state index in [4.69, 9.17) is 5.73 Å². The Labute approximate surface area is 182 Å². The van der Waals surface area contributed by atoms with Crippen LogP contribution in [0, 0.1) is 17.8 Å². The van der Waals surface area contributed by atoms with E-state index in [0.29, 0.717) is 25.9 Å². The van der Waals surface area contributed by atoms with Crippen molar-refractivity contribution in [3.8, 4) is 0 Å². The minimum Gasteiger partial charge on any atom is -0.478 e. The normalized spacial score (nSPS) is 32.1. The summed E-state index contributed by atoms with van der Waals surface area (Å²) in [7, 11) is 0. The second-order valence-corrected chi connectivity index (χ2v) is 10.2. The van der Waals surface area contributed by atoms with Crippen LogP contribution in [0.3, 0.4) is 0 Å². The number of hydrogen-bond donors (Lipinski definition) is 2. The van der Waals surface area contributed by atoms with Crippen LogP contribution in [-0.4, -0.2) is 57.5 Å². The van der Waals surface area contributed by atoms with Crippen LogP contribution < -0.4 is 5.73 Å². The first-order valence-electron chi connectivity index (χ1n) is 11.6. The molecular weight excluding hydrogens is 394 g/mol. The standard InChI is InChI=1S/C24H31N3O4/c25-23(31)27(24-12-15-9-16(13-24)11-17(10-15)14-24)18-5-7-26(8-6-18)21(28)19-3-1-2-4-20(19)22(29)30/h1-4,15-18H,5-14H2,(H2,25,31)(H,29,30). The third-order valence-electron chi connectivity index (χ3n) is 8.26. The summed E-state index contributed by atoms with van der Waals surface area (Å²) in [6.07, 6.45) is 8.52. The summed E-state index contributed by atoms with van der Waals surface area (Å²) in [6.45, 7) is 1.02. The van der Waals surface area contributed by atoms with Gasteiger partial charge in [-0.15, -0.1) is 0 Å². The fourth-order valence-corrected chi connectivity index (χ4v) is 7.51. The zero-order valence-corrected chi connectivity index (χ0v) is 17.8. The summed E-state index contributed by atoms with van der Waals surface area (Å²) in [5, 5.41) is 9.41. The predicted molar refractivity (Wildman–Crippen MR) is 115 cm³/mol.